The average molecular weight is 248 g/mol. The summed E-state index contributed by atoms with van der Waals surface area (Å²) in [5.41, 5.74) is 2.34. The molecule has 0 unspecified atom stereocenters. The van der Waals surface area contributed by atoms with Gasteiger partial charge in [-0.05, 0) is 26.8 Å². The molecular formula is C14H24N4. The molecule has 1 fully saturated rings. The maximum atomic E-state index is 4.73. The number of nitrogens with one attached hydrogen (secondary N) is 1. The van der Waals surface area contributed by atoms with Crippen LogP contribution in [0.3, 0.4) is 0 Å². The standard InChI is InChI=1S/C14H24N4/c1-5-18(11-6-7-11)13-9-16-14(10(2)3)17-12(13)8-15-4/h9-11,15H,5-8H2,1-4H3. The zero-order valence-electron chi connectivity index (χ0n) is 11.9. The van der Waals surface area contributed by atoms with E-state index in [1.54, 1.807) is 0 Å². The van der Waals surface area contributed by atoms with Crippen LogP contribution in [0.5, 0.6) is 0 Å². The van der Waals surface area contributed by atoms with Gasteiger partial charge in [0.25, 0.3) is 0 Å². The third-order valence-electron chi connectivity index (χ3n) is 3.36. The first kappa shape index (κ1) is 13.3. The van der Waals surface area contributed by atoms with Crippen molar-refractivity contribution in [3.63, 3.8) is 0 Å². The summed E-state index contributed by atoms with van der Waals surface area (Å²) in [4.78, 5) is 11.7. The summed E-state index contributed by atoms with van der Waals surface area (Å²) in [6.07, 6.45) is 4.62. The minimum absolute atomic E-state index is 0.380. The summed E-state index contributed by atoms with van der Waals surface area (Å²) in [7, 11) is 1.97. The van der Waals surface area contributed by atoms with E-state index in [0.29, 0.717) is 12.0 Å². The number of anilines is 1. The van der Waals surface area contributed by atoms with E-state index in [9.17, 15) is 0 Å². The lowest BCUT2D eigenvalue weighted by Gasteiger charge is -2.25. The first-order chi connectivity index (χ1) is 8.67. The van der Waals surface area contributed by atoms with Gasteiger partial charge in [0.15, 0.2) is 0 Å². The van der Waals surface area contributed by atoms with Crippen LogP contribution in [0, 0.1) is 0 Å². The third-order valence-corrected chi connectivity index (χ3v) is 3.36. The second-order valence-electron chi connectivity index (χ2n) is 5.26. The molecule has 0 radical (unpaired) electrons. The highest BCUT2D eigenvalue weighted by Crippen LogP contribution is 2.32. The molecule has 1 N–H and O–H groups in total. The summed E-state index contributed by atoms with van der Waals surface area (Å²) < 4.78 is 0. The minimum atomic E-state index is 0.380. The molecule has 1 aromatic rings. The zero-order valence-corrected chi connectivity index (χ0v) is 11.9. The van der Waals surface area contributed by atoms with Crippen molar-refractivity contribution in [2.24, 2.45) is 0 Å². The van der Waals surface area contributed by atoms with Gasteiger partial charge in [-0.3, -0.25) is 0 Å². The predicted octanol–water partition coefficient (Wildman–Crippen LogP) is 2.31. The van der Waals surface area contributed by atoms with Crippen LogP contribution >= 0.6 is 0 Å². The van der Waals surface area contributed by atoms with Gasteiger partial charge < -0.3 is 10.2 Å². The summed E-state index contributed by atoms with van der Waals surface area (Å²) in [5.74, 6) is 1.32. The SMILES string of the molecule is CCN(c1cnc(C(C)C)nc1CNC)C1CC1. The van der Waals surface area contributed by atoms with Crippen LogP contribution in [-0.2, 0) is 6.54 Å². The molecule has 4 nitrogen and oxygen atoms in total. The van der Waals surface area contributed by atoms with Gasteiger partial charge in [0.05, 0.1) is 17.6 Å². The fraction of sp³-hybridized carbons (Fsp3) is 0.714. The van der Waals surface area contributed by atoms with E-state index in [0.717, 1.165) is 24.6 Å². The van der Waals surface area contributed by atoms with Crippen molar-refractivity contribution in [3.05, 3.63) is 17.7 Å². The monoisotopic (exact) mass is 248 g/mol. The first-order valence-corrected chi connectivity index (χ1v) is 6.94. The molecule has 0 atom stereocenters. The van der Waals surface area contributed by atoms with Crippen LogP contribution in [0.1, 0.15) is 51.0 Å². The highest BCUT2D eigenvalue weighted by Gasteiger charge is 2.30. The van der Waals surface area contributed by atoms with Crippen LogP contribution in [0.4, 0.5) is 5.69 Å². The Morgan fingerprint density at radius 2 is 2.17 bits per heavy atom. The van der Waals surface area contributed by atoms with Crippen LogP contribution in [0.15, 0.2) is 6.20 Å². The molecule has 2 rings (SSSR count). The molecule has 0 amide bonds. The van der Waals surface area contributed by atoms with Crippen molar-refractivity contribution in [3.8, 4) is 0 Å². The lowest BCUT2D eigenvalue weighted by molar-refractivity contribution is 0.711. The van der Waals surface area contributed by atoms with Crippen molar-refractivity contribution in [2.75, 3.05) is 18.5 Å². The Hall–Kier alpha value is -1.16. The molecule has 1 heterocycles. The lowest BCUT2D eigenvalue weighted by Crippen LogP contribution is -2.28. The van der Waals surface area contributed by atoms with Crippen molar-refractivity contribution >= 4 is 5.69 Å². The summed E-state index contributed by atoms with van der Waals surface area (Å²) in [6, 6.07) is 0.708. The Morgan fingerprint density at radius 1 is 1.44 bits per heavy atom. The Kier molecular flexibility index (Phi) is 4.17. The Labute approximate surface area is 110 Å². The first-order valence-electron chi connectivity index (χ1n) is 6.94. The number of rotatable bonds is 6. The van der Waals surface area contributed by atoms with E-state index in [1.807, 2.05) is 13.2 Å². The molecule has 100 valence electrons. The van der Waals surface area contributed by atoms with Crippen LogP contribution in [0.2, 0.25) is 0 Å². The van der Waals surface area contributed by atoms with Gasteiger partial charge >= 0.3 is 0 Å². The molecule has 1 aliphatic rings. The van der Waals surface area contributed by atoms with Gasteiger partial charge in [0.1, 0.15) is 5.82 Å². The maximum absolute atomic E-state index is 4.73. The van der Waals surface area contributed by atoms with Crippen LogP contribution < -0.4 is 10.2 Å². The van der Waals surface area contributed by atoms with Gasteiger partial charge in [-0.1, -0.05) is 13.8 Å². The Balaban J connectivity index is 2.32. The molecule has 0 bridgehead atoms. The highest BCUT2D eigenvalue weighted by atomic mass is 15.2. The molecule has 0 aliphatic heterocycles. The molecule has 1 aromatic heterocycles. The van der Waals surface area contributed by atoms with E-state index >= 15 is 0 Å². The third kappa shape index (κ3) is 2.80. The lowest BCUT2D eigenvalue weighted by atomic mass is 10.2. The smallest absolute Gasteiger partial charge is 0.131 e. The maximum Gasteiger partial charge on any atom is 0.131 e. The molecular weight excluding hydrogens is 224 g/mol. The molecule has 1 saturated carbocycles. The van der Waals surface area contributed by atoms with Gasteiger partial charge in [0.2, 0.25) is 0 Å². The van der Waals surface area contributed by atoms with Crippen molar-refractivity contribution in [1.82, 2.24) is 15.3 Å². The van der Waals surface area contributed by atoms with Crippen LogP contribution in [0.25, 0.3) is 0 Å². The normalized spacial score (nSPS) is 15.2. The van der Waals surface area contributed by atoms with E-state index in [-0.39, 0.29) is 0 Å². The minimum Gasteiger partial charge on any atom is -0.366 e. The quantitative estimate of drug-likeness (QED) is 0.838. The molecule has 0 aromatic carbocycles. The van der Waals surface area contributed by atoms with E-state index < -0.39 is 0 Å². The molecule has 0 saturated heterocycles. The van der Waals surface area contributed by atoms with Crippen molar-refractivity contribution in [2.45, 2.75) is 52.1 Å². The number of aromatic nitrogens is 2. The van der Waals surface area contributed by atoms with Crippen molar-refractivity contribution in [1.29, 1.82) is 0 Å². The predicted molar refractivity (Wildman–Crippen MR) is 74.9 cm³/mol. The molecule has 18 heavy (non-hydrogen) atoms. The number of hydrogen-bond donors (Lipinski definition) is 1. The second-order valence-corrected chi connectivity index (χ2v) is 5.26. The second kappa shape index (κ2) is 5.65. The van der Waals surface area contributed by atoms with Gasteiger partial charge in [-0.25, -0.2) is 9.97 Å². The van der Waals surface area contributed by atoms with E-state index in [1.165, 1.54) is 18.5 Å². The average Bonchev–Trinajstić information content (AvgIpc) is 3.16. The number of nitrogens with zero attached hydrogens (tertiary/aromatic N) is 3. The fourth-order valence-corrected chi connectivity index (χ4v) is 2.25. The van der Waals surface area contributed by atoms with Gasteiger partial charge in [-0.2, -0.15) is 0 Å². The summed E-state index contributed by atoms with van der Waals surface area (Å²) in [5, 5.41) is 3.21. The molecule has 4 heteroatoms. The van der Waals surface area contributed by atoms with Gasteiger partial charge in [0, 0.05) is 25.0 Å². The zero-order chi connectivity index (χ0) is 13.1. The van der Waals surface area contributed by atoms with Crippen molar-refractivity contribution < 1.29 is 0 Å². The van der Waals surface area contributed by atoms with E-state index in [4.69, 9.17) is 4.98 Å². The topological polar surface area (TPSA) is 41.1 Å². The summed E-state index contributed by atoms with van der Waals surface area (Å²) >= 11 is 0. The largest absolute Gasteiger partial charge is 0.366 e. The van der Waals surface area contributed by atoms with Crippen LogP contribution in [-0.4, -0.2) is 29.6 Å². The summed E-state index contributed by atoms with van der Waals surface area (Å²) in [6.45, 7) is 8.32. The Bertz CT molecular complexity index is 399. The van der Waals surface area contributed by atoms with Gasteiger partial charge in [-0.15, -0.1) is 0 Å². The fourth-order valence-electron chi connectivity index (χ4n) is 2.25. The number of hydrogen-bond acceptors (Lipinski definition) is 4. The van der Waals surface area contributed by atoms with E-state index in [2.05, 4.69) is 36.0 Å². The molecule has 0 spiro atoms. The Morgan fingerprint density at radius 3 is 2.67 bits per heavy atom. The highest BCUT2D eigenvalue weighted by molar-refractivity contribution is 5.51. The molecule has 1 aliphatic carbocycles.